The summed E-state index contributed by atoms with van der Waals surface area (Å²) in [4.78, 5) is 12.7. The van der Waals surface area contributed by atoms with Crippen molar-refractivity contribution in [3.05, 3.63) is 29.3 Å². The van der Waals surface area contributed by atoms with Gasteiger partial charge in [-0.05, 0) is 13.8 Å². The van der Waals surface area contributed by atoms with Crippen LogP contribution in [-0.2, 0) is 6.42 Å². The van der Waals surface area contributed by atoms with Crippen LogP contribution < -0.4 is 5.32 Å². The molecule has 17 heavy (non-hydrogen) atoms. The predicted octanol–water partition coefficient (Wildman–Crippen LogP) is 1.44. The quantitative estimate of drug-likeness (QED) is 0.861. The van der Waals surface area contributed by atoms with Gasteiger partial charge in [-0.2, -0.15) is 4.98 Å². The lowest BCUT2D eigenvalue weighted by Crippen LogP contribution is -2.08. The van der Waals surface area contributed by atoms with E-state index in [0.29, 0.717) is 24.7 Å². The molecule has 0 aliphatic heterocycles. The maximum Gasteiger partial charge on any atom is 0.223 e. The van der Waals surface area contributed by atoms with Crippen LogP contribution in [-0.4, -0.2) is 26.7 Å². The SMILES string of the molecule is Cc1nc(CCNc2cnc(C)c(C)n2)no1. The summed E-state index contributed by atoms with van der Waals surface area (Å²) in [5.74, 6) is 2.06. The second-order valence-electron chi connectivity index (χ2n) is 3.83. The van der Waals surface area contributed by atoms with Gasteiger partial charge in [0.05, 0.1) is 17.6 Å². The van der Waals surface area contributed by atoms with Gasteiger partial charge < -0.3 is 9.84 Å². The van der Waals surface area contributed by atoms with Crippen molar-refractivity contribution in [2.75, 3.05) is 11.9 Å². The molecule has 0 fully saturated rings. The van der Waals surface area contributed by atoms with Gasteiger partial charge in [-0.15, -0.1) is 0 Å². The van der Waals surface area contributed by atoms with Crippen LogP contribution in [0.2, 0.25) is 0 Å². The average molecular weight is 233 g/mol. The van der Waals surface area contributed by atoms with E-state index < -0.39 is 0 Å². The van der Waals surface area contributed by atoms with E-state index in [4.69, 9.17) is 4.52 Å². The summed E-state index contributed by atoms with van der Waals surface area (Å²) in [7, 11) is 0. The first-order valence-electron chi connectivity index (χ1n) is 5.48. The lowest BCUT2D eigenvalue weighted by Gasteiger charge is -2.05. The van der Waals surface area contributed by atoms with E-state index in [1.165, 1.54) is 0 Å². The second kappa shape index (κ2) is 4.90. The Morgan fingerprint density at radius 2 is 2.00 bits per heavy atom. The molecule has 0 aliphatic carbocycles. The van der Waals surface area contributed by atoms with Crippen LogP contribution in [0.4, 0.5) is 5.82 Å². The van der Waals surface area contributed by atoms with Crippen molar-refractivity contribution >= 4 is 5.82 Å². The first-order valence-corrected chi connectivity index (χ1v) is 5.48. The molecule has 0 saturated carbocycles. The molecule has 0 bridgehead atoms. The van der Waals surface area contributed by atoms with Crippen LogP contribution in [0.15, 0.2) is 10.7 Å². The molecule has 6 nitrogen and oxygen atoms in total. The fourth-order valence-corrected chi connectivity index (χ4v) is 1.37. The topological polar surface area (TPSA) is 76.7 Å². The maximum atomic E-state index is 4.89. The van der Waals surface area contributed by atoms with Crippen LogP contribution in [0.1, 0.15) is 23.1 Å². The van der Waals surface area contributed by atoms with Gasteiger partial charge in [-0.25, -0.2) is 4.98 Å². The van der Waals surface area contributed by atoms with Crippen LogP contribution in [0.25, 0.3) is 0 Å². The highest BCUT2D eigenvalue weighted by molar-refractivity contribution is 5.33. The monoisotopic (exact) mass is 233 g/mol. The highest BCUT2D eigenvalue weighted by Gasteiger charge is 2.02. The molecule has 2 aromatic rings. The van der Waals surface area contributed by atoms with Gasteiger partial charge in [-0.3, -0.25) is 4.98 Å². The first kappa shape index (κ1) is 11.5. The Morgan fingerprint density at radius 1 is 1.18 bits per heavy atom. The molecule has 6 heteroatoms. The Hall–Kier alpha value is -1.98. The third-order valence-electron chi connectivity index (χ3n) is 2.42. The minimum Gasteiger partial charge on any atom is -0.368 e. The van der Waals surface area contributed by atoms with E-state index >= 15 is 0 Å². The summed E-state index contributed by atoms with van der Waals surface area (Å²) in [5, 5.41) is 6.99. The molecular weight excluding hydrogens is 218 g/mol. The van der Waals surface area contributed by atoms with Crippen molar-refractivity contribution < 1.29 is 4.52 Å². The summed E-state index contributed by atoms with van der Waals surface area (Å²) < 4.78 is 4.89. The Kier molecular flexibility index (Phi) is 3.32. The van der Waals surface area contributed by atoms with Crippen molar-refractivity contribution in [3.8, 4) is 0 Å². The molecule has 0 atom stereocenters. The molecule has 2 heterocycles. The summed E-state index contributed by atoms with van der Waals surface area (Å²) in [6.45, 7) is 6.36. The lowest BCUT2D eigenvalue weighted by atomic mass is 10.3. The van der Waals surface area contributed by atoms with Crippen molar-refractivity contribution in [3.63, 3.8) is 0 Å². The molecule has 0 spiro atoms. The van der Waals surface area contributed by atoms with Crippen LogP contribution in [0.5, 0.6) is 0 Å². The van der Waals surface area contributed by atoms with Gasteiger partial charge in [0.2, 0.25) is 5.89 Å². The van der Waals surface area contributed by atoms with E-state index in [-0.39, 0.29) is 0 Å². The Labute approximate surface area is 99.5 Å². The fourth-order valence-electron chi connectivity index (χ4n) is 1.37. The van der Waals surface area contributed by atoms with Gasteiger partial charge in [-0.1, -0.05) is 5.16 Å². The standard InChI is InChI=1S/C11H15N5O/c1-7-8(2)14-11(6-13-7)12-5-4-10-15-9(3)17-16-10/h6H,4-5H2,1-3H3,(H,12,14). The van der Waals surface area contributed by atoms with Crippen molar-refractivity contribution in [2.45, 2.75) is 27.2 Å². The fraction of sp³-hybridized carbons (Fsp3) is 0.455. The number of nitrogens with one attached hydrogen (secondary N) is 1. The van der Waals surface area contributed by atoms with Crippen molar-refractivity contribution in [1.29, 1.82) is 0 Å². The summed E-state index contributed by atoms with van der Waals surface area (Å²) in [6, 6.07) is 0. The molecular formula is C11H15N5O. The third-order valence-corrected chi connectivity index (χ3v) is 2.42. The Bertz CT molecular complexity index is 508. The molecule has 0 amide bonds. The number of rotatable bonds is 4. The van der Waals surface area contributed by atoms with Crippen LogP contribution >= 0.6 is 0 Å². The number of hydrogen-bond donors (Lipinski definition) is 1. The molecule has 0 unspecified atom stereocenters. The first-order chi connectivity index (χ1) is 8.15. The number of aryl methyl sites for hydroxylation is 3. The molecule has 1 N–H and O–H groups in total. The van der Waals surface area contributed by atoms with E-state index in [1.807, 2.05) is 13.8 Å². The van der Waals surface area contributed by atoms with E-state index in [2.05, 4.69) is 25.4 Å². The van der Waals surface area contributed by atoms with Crippen molar-refractivity contribution in [1.82, 2.24) is 20.1 Å². The zero-order valence-electron chi connectivity index (χ0n) is 10.2. The second-order valence-corrected chi connectivity index (χ2v) is 3.83. The Morgan fingerprint density at radius 3 is 2.65 bits per heavy atom. The molecule has 0 aliphatic rings. The molecule has 2 rings (SSSR count). The summed E-state index contributed by atoms with van der Waals surface area (Å²) in [6.07, 6.45) is 2.43. The third kappa shape index (κ3) is 2.99. The summed E-state index contributed by atoms with van der Waals surface area (Å²) >= 11 is 0. The van der Waals surface area contributed by atoms with Crippen molar-refractivity contribution in [2.24, 2.45) is 0 Å². The van der Waals surface area contributed by atoms with E-state index in [1.54, 1.807) is 13.1 Å². The highest BCUT2D eigenvalue weighted by Crippen LogP contribution is 2.05. The zero-order chi connectivity index (χ0) is 12.3. The molecule has 0 aromatic carbocycles. The van der Waals surface area contributed by atoms with Gasteiger partial charge in [0.15, 0.2) is 5.82 Å². The van der Waals surface area contributed by atoms with Gasteiger partial charge in [0.25, 0.3) is 0 Å². The van der Waals surface area contributed by atoms with Crippen LogP contribution in [0, 0.1) is 20.8 Å². The molecule has 90 valence electrons. The number of anilines is 1. The molecule has 0 saturated heterocycles. The summed E-state index contributed by atoms with van der Waals surface area (Å²) in [5.41, 5.74) is 1.88. The van der Waals surface area contributed by atoms with E-state index in [0.717, 1.165) is 17.2 Å². The van der Waals surface area contributed by atoms with Gasteiger partial charge in [0, 0.05) is 19.9 Å². The maximum absolute atomic E-state index is 4.89. The zero-order valence-corrected chi connectivity index (χ0v) is 10.2. The average Bonchev–Trinajstić information content (AvgIpc) is 2.70. The number of nitrogens with zero attached hydrogens (tertiary/aromatic N) is 4. The van der Waals surface area contributed by atoms with Gasteiger partial charge in [0.1, 0.15) is 5.82 Å². The van der Waals surface area contributed by atoms with E-state index in [9.17, 15) is 0 Å². The van der Waals surface area contributed by atoms with Gasteiger partial charge >= 0.3 is 0 Å². The molecule has 2 aromatic heterocycles. The number of hydrogen-bond acceptors (Lipinski definition) is 6. The number of aromatic nitrogens is 4. The highest BCUT2D eigenvalue weighted by atomic mass is 16.5. The molecule has 0 radical (unpaired) electrons. The minimum absolute atomic E-state index is 0.589. The Balaban J connectivity index is 1.87. The lowest BCUT2D eigenvalue weighted by molar-refractivity contribution is 0.387. The smallest absolute Gasteiger partial charge is 0.223 e. The van der Waals surface area contributed by atoms with Crippen LogP contribution in [0.3, 0.4) is 0 Å². The minimum atomic E-state index is 0.589. The largest absolute Gasteiger partial charge is 0.368 e. The predicted molar refractivity (Wildman–Crippen MR) is 62.7 cm³/mol. The normalized spacial score (nSPS) is 10.5.